The fourth-order valence-electron chi connectivity index (χ4n) is 3.36. The highest BCUT2D eigenvalue weighted by Gasteiger charge is 2.31. The van der Waals surface area contributed by atoms with Gasteiger partial charge in [0, 0.05) is 23.9 Å². The first-order chi connectivity index (χ1) is 13.3. The van der Waals surface area contributed by atoms with Crippen molar-refractivity contribution in [1.82, 2.24) is 19.9 Å². The lowest BCUT2D eigenvalue weighted by molar-refractivity contribution is 0.338. The highest BCUT2D eigenvalue weighted by Crippen LogP contribution is 2.38. The van der Waals surface area contributed by atoms with Gasteiger partial charge in [0.1, 0.15) is 10.7 Å². The van der Waals surface area contributed by atoms with Crippen LogP contribution in [0.3, 0.4) is 0 Å². The monoisotopic (exact) mass is 404 g/mol. The summed E-state index contributed by atoms with van der Waals surface area (Å²) in [5.41, 5.74) is 2.18. The smallest absolute Gasteiger partial charge is 0.250 e. The summed E-state index contributed by atoms with van der Waals surface area (Å²) in [6.07, 6.45) is 3.16. The van der Waals surface area contributed by atoms with Crippen molar-refractivity contribution in [2.24, 2.45) is 0 Å². The molecule has 1 fully saturated rings. The summed E-state index contributed by atoms with van der Waals surface area (Å²) >= 11 is 0. The number of rotatable bonds is 6. The molecule has 0 radical (unpaired) electrons. The van der Waals surface area contributed by atoms with Gasteiger partial charge < -0.3 is 9.40 Å². The number of aryl methyl sites for hydroxylation is 2. The first kappa shape index (κ1) is 18.8. The largest absolute Gasteiger partial charge is 0.420 e. The maximum atomic E-state index is 13.0. The van der Waals surface area contributed by atoms with Crippen molar-refractivity contribution in [3.8, 4) is 11.5 Å². The van der Waals surface area contributed by atoms with Crippen molar-refractivity contribution >= 4 is 10.0 Å². The third-order valence-electron chi connectivity index (χ3n) is 5.07. The normalized spacial score (nSPS) is 15.0. The van der Waals surface area contributed by atoms with Crippen LogP contribution < -0.4 is 4.72 Å². The van der Waals surface area contributed by atoms with E-state index in [-0.39, 0.29) is 29.1 Å². The lowest BCUT2D eigenvalue weighted by atomic mass is 9.85. The van der Waals surface area contributed by atoms with Gasteiger partial charge in [-0.05, 0) is 44.4 Å². The molecule has 0 bridgehead atoms. The number of aromatic amines is 1. The third-order valence-corrected chi connectivity index (χ3v) is 6.65. The molecule has 1 aliphatic carbocycles. The van der Waals surface area contributed by atoms with Crippen molar-refractivity contribution in [3.63, 3.8) is 0 Å². The molecule has 0 saturated heterocycles. The van der Waals surface area contributed by atoms with Crippen LogP contribution in [-0.4, -0.2) is 23.6 Å². The summed E-state index contributed by atoms with van der Waals surface area (Å²) in [5, 5.41) is 8.20. The highest BCUT2D eigenvalue weighted by atomic mass is 32.2. The Labute approximate surface area is 162 Å². The van der Waals surface area contributed by atoms with Crippen molar-refractivity contribution in [3.05, 3.63) is 52.9 Å². The molecule has 0 unspecified atom stereocenters. The quantitative estimate of drug-likeness (QED) is 0.654. The zero-order valence-corrected chi connectivity index (χ0v) is 16.4. The molecule has 1 saturated carbocycles. The molecule has 1 aromatic carbocycles. The van der Waals surface area contributed by atoms with Gasteiger partial charge in [-0.1, -0.05) is 18.6 Å². The lowest BCUT2D eigenvalue weighted by Crippen LogP contribution is -2.24. The number of hydrogen-bond acceptors (Lipinski definition) is 5. The average Bonchev–Trinajstić information content (AvgIpc) is 3.17. The van der Waals surface area contributed by atoms with Gasteiger partial charge in [0.05, 0.1) is 5.56 Å². The van der Waals surface area contributed by atoms with Gasteiger partial charge in [-0.25, -0.2) is 17.5 Å². The molecule has 2 N–H and O–H groups in total. The second kappa shape index (κ2) is 7.14. The van der Waals surface area contributed by atoms with Crippen LogP contribution >= 0.6 is 0 Å². The Morgan fingerprint density at radius 1 is 1.18 bits per heavy atom. The highest BCUT2D eigenvalue weighted by molar-refractivity contribution is 7.89. The maximum absolute atomic E-state index is 13.0. The van der Waals surface area contributed by atoms with Gasteiger partial charge in [-0.3, -0.25) is 0 Å². The van der Waals surface area contributed by atoms with Crippen molar-refractivity contribution < 1.29 is 17.2 Å². The molecule has 28 heavy (non-hydrogen) atoms. The van der Waals surface area contributed by atoms with Crippen LogP contribution in [0, 0.1) is 19.7 Å². The molecular weight excluding hydrogens is 383 g/mol. The minimum absolute atomic E-state index is 0.0445. The molecule has 4 rings (SSSR count). The van der Waals surface area contributed by atoms with Crippen molar-refractivity contribution in [2.75, 3.05) is 0 Å². The number of nitrogens with one attached hydrogen (secondary N) is 2. The van der Waals surface area contributed by atoms with E-state index in [0.717, 1.165) is 19.3 Å². The van der Waals surface area contributed by atoms with E-state index in [1.165, 1.54) is 24.3 Å². The van der Waals surface area contributed by atoms with E-state index in [2.05, 4.69) is 19.9 Å². The molecule has 0 atom stereocenters. The molecule has 7 nitrogen and oxygen atoms in total. The third kappa shape index (κ3) is 3.47. The summed E-state index contributed by atoms with van der Waals surface area (Å²) in [6.45, 7) is 3.50. The van der Waals surface area contributed by atoms with Gasteiger partial charge >= 0.3 is 0 Å². The molecule has 1 aliphatic rings. The van der Waals surface area contributed by atoms with Crippen LogP contribution in [-0.2, 0) is 16.6 Å². The number of aromatic nitrogens is 3. The van der Waals surface area contributed by atoms with Gasteiger partial charge in [-0.2, -0.15) is 0 Å². The van der Waals surface area contributed by atoms with E-state index < -0.39 is 10.0 Å². The number of benzene rings is 1. The summed E-state index contributed by atoms with van der Waals surface area (Å²) in [6, 6.07) is 5.66. The second-order valence-electron chi connectivity index (χ2n) is 7.10. The van der Waals surface area contributed by atoms with E-state index >= 15 is 0 Å². The Balaban J connectivity index is 1.65. The second-order valence-corrected chi connectivity index (χ2v) is 8.81. The Kier molecular flexibility index (Phi) is 4.80. The maximum Gasteiger partial charge on any atom is 0.250 e. The van der Waals surface area contributed by atoms with Gasteiger partial charge in [0.15, 0.2) is 0 Å². The molecular formula is C19H21FN4O3S. The lowest BCUT2D eigenvalue weighted by Gasteiger charge is -2.20. The number of nitrogens with zero attached hydrogens (tertiary/aromatic N) is 2. The predicted molar refractivity (Wildman–Crippen MR) is 101 cm³/mol. The molecule has 0 aliphatic heterocycles. The number of sulfonamides is 1. The first-order valence-corrected chi connectivity index (χ1v) is 10.6. The number of hydrogen-bond donors (Lipinski definition) is 2. The molecule has 2 aromatic heterocycles. The molecule has 0 spiro atoms. The van der Waals surface area contributed by atoms with Crippen LogP contribution in [0.25, 0.3) is 11.5 Å². The molecule has 0 amide bonds. The first-order valence-electron chi connectivity index (χ1n) is 9.12. The van der Waals surface area contributed by atoms with Crippen LogP contribution in [0.5, 0.6) is 0 Å². The number of H-pyrrole nitrogens is 1. The van der Waals surface area contributed by atoms with Crippen LogP contribution in [0.1, 0.15) is 48.0 Å². The molecule has 9 heteroatoms. The van der Waals surface area contributed by atoms with E-state index in [1.807, 2.05) is 0 Å². The van der Waals surface area contributed by atoms with E-state index in [0.29, 0.717) is 28.4 Å². The van der Waals surface area contributed by atoms with Gasteiger partial charge in [0.25, 0.3) is 5.89 Å². The van der Waals surface area contributed by atoms with Gasteiger partial charge in [-0.15, -0.1) is 10.2 Å². The van der Waals surface area contributed by atoms with Crippen molar-refractivity contribution in [1.29, 1.82) is 0 Å². The van der Waals surface area contributed by atoms with Crippen LogP contribution in [0.4, 0.5) is 4.39 Å². The fraction of sp³-hybridized carbons (Fsp3) is 0.368. The zero-order valence-electron chi connectivity index (χ0n) is 15.6. The Hall–Kier alpha value is -2.52. The Bertz CT molecular complexity index is 1100. The molecule has 3 aromatic rings. The fourth-order valence-corrected chi connectivity index (χ4v) is 4.82. The van der Waals surface area contributed by atoms with E-state index in [1.54, 1.807) is 13.8 Å². The summed E-state index contributed by atoms with van der Waals surface area (Å²) in [5.74, 6) is 0.649. The Morgan fingerprint density at radius 2 is 1.89 bits per heavy atom. The summed E-state index contributed by atoms with van der Waals surface area (Å²) in [7, 11) is -3.86. The summed E-state index contributed by atoms with van der Waals surface area (Å²) < 4.78 is 47.4. The SMILES string of the molecule is Cc1[nH]c(C)c(S(=O)(=O)NCc2ccc(F)cc2)c1-c1nnc(C2CCC2)o1. The molecule has 2 heterocycles. The minimum atomic E-state index is -3.86. The minimum Gasteiger partial charge on any atom is -0.420 e. The zero-order chi connectivity index (χ0) is 19.9. The van der Waals surface area contributed by atoms with E-state index in [9.17, 15) is 12.8 Å². The Morgan fingerprint density at radius 3 is 2.54 bits per heavy atom. The standard InChI is InChI=1S/C19H21FN4O3S/c1-11-16(19-24-23-18(27-19)14-4-3-5-14)17(12(2)22-11)28(25,26)21-10-13-6-8-15(20)9-7-13/h6-9,14,21-22H,3-5,10H2,1-2H3. The van der Waals surface area contributed by atoms with Crippen molar-refractivity contribution in [2.45, 2.75) is 50.5 Å². The average molecular weight is 404 g/mol. The summed E-state index contributed by atoms with van der Waals surface area (Å²) in [4.78, 5) is 3.15. The predicted octanol–water partition coefficient (Wildman–Crippen LogP) is 3.57. The topological polar surface area (TPSA) is 101 Å². The van der Waals surface area contributed by atoms with Crippen LogP contribution in [0.15, 0.2) is 33.6 Å². The van der Waals surface area contributed by atoms with E-state index in [4.69, 9.17) is 4.42 Å². The van der Waals surface area contributed by atoms with Crippen LogP contribution in [0.2, 0.25) is 0 Å². The van der Waals surface area contributed by atoms with Gasteiger partial charge in [0.2, 0.25) is 15.9 Å². The molecule has 148 valence electrons. The number of halogens is 1.